The lowest BCUT2D eigenvalue weighted by Crippen LogP contribution is -2.12. The van der Waals surface area contributed by atoms with Gasteiger partial charge in [0, 0.05) is 12.1 Å². The van der Waals surface area contributed by atoms with E-state index in [4.69, 9.17) is 19.6 Å². The van der Waals surface area contributed by atoms with E-state index in [0.717, 1.165) is 0 Å². The minimum Gasteiger partial charge on any atom is -0.459 e. The molecule has 1 aromatic carbocycles. The number of nitrogens with two attached hydrogens (primary N) is 1. The fraction of sp³-hybridized carbons (Fsp3) is 0.0833. The van der Waals surface area contributed by atoms with Crippen molar-refractivity contribution in [3.63, 3.8) is 0 Å². The SMILES string of the molecule is Nc1cc2c(cc1NC(=O)c1ccco1)OCO2. The van der Waals surface area contributed by atoms with Gasteiger partial charge in [0.1, 0.15) is 0 Å². The van der Waals surface area contributed by atoms with Crippen LogP contribution >= 0.6 is 0 Å². The Balaban J connectivity index is 1.87. The average Bonchev–Trinajstić information content (AvgIpc) is 2.98. The maximum Gasteiger partial charge on any atom is 0.291 e. The Morgan fingerprint density at radius 3 is 2.78 bits per heavy atom. The summed E-state index contributed by atoms with van der Waals surface area (Å²) >= 11 is 0. The van der Waals surface area contributed by atoms with Gasteiger partial charge >= 0.3 is 0 Å². The van der Waals surface area contributed by atoms with Crippen LogP contribution in [0.4, 0.5) is 11.4 Å². The number of fused-ring (bicyclic) bond motifs is 1. The number of hydrogen-bond acceptors (Lipinski definition) is 5. The van der Waals surface area contributed by atoms with Crippen LogP contribution in [0.1, 0.15) is 10.6 Å². The lowest BCUT2D eigenvalue weighted by molar-refractivity contribution is 0.0996. The Bertz CT molecular complexity index is 592. The Labute approximate surface area is 102 Å². The molecule has 0 atom stereocenters. The van der Waals surface area contributed by atoms with Crippen molar-refractivity contribution in [2.75, 3.05) is 17.8 Å². The molecule has 0 radical (unpaired) electrons. The molecule has 2 aromatic rings. The molecule has 1 aromatic heterocycles. The monoisotopic (exact) mass is 246 g/mol. The summed E-state index contributed by atoms with van der Waals surface area (Å²) < 4.78 is 15.4. The molecule has 3 N–H and O–H groups in total. The van der Waals surface area contributed by atoms with Gasteiger partial charge in [-0.25, -0.2) is 0 Å². The predicted octanol–water partition coefficient (Wildman–Crippen LogP) is 1.84. The zero-order valence-electron chi connectivity index (χ0n) is 9.30. The summed E-state index contributed by atoms with van der Waals surface area (Å²) in [7, 11) is 0. The molecule has 6 nitrogen and oxygen atoms in total. The third kappa shape index (κ3) is 1.73. The number of carbonyl (C=O) groups is 1. The van der Waals surface area contributed by atoms with Crippen molar-refractivity contribution >= 4 is 17.3 Å². The number of furan rings is 1. The Kier molecular flexibility index (Phi) is 2.33. The standard InChI is InChI=1S/C12H10N2O4/c13-7-4-10-11(18-6-17-10)5-8(7)14-12(15)9-2-1-3-16-9/h1-5H,6,13H2,(H,14,15). The van der Waals surface area contributed by atoms with Crippen LogP contribution in [0.3, 0.4) is 0 Å². The lowest BCUT2D eigenvalue weighted by atomic mass is 10.2. The average molecular weight is 246 g/mol. The summed E-state index contributed by atoms with van der Waals surface area (Å²) in [6.07, 6.45) is 1.43. The van der Waals surface area contributed by atoms with Crippen molar-refractivity contribution < 1.29 is 18.7 Å². The predicted molar refractivity (Wildman–Crippen MR) is 63.6 cm³/mol. The van der Waals surface area contributed by atoms with Crippen LogP contribution in [0.2, 0.25) is 0 Å². The molecule has 18 heavy (non-hydrogen) atoms. The fourth-order valence-corrected chi connectivity index (χ4v) is 1.66. The van der Waals surface area contributed by atoms with Crippen molar-refractivity contribution in [2.24, 2.45) is 0 Å². The molecule has 0 unspecified atom stereocenters. The summed E-state index contributed by atoms with van der Waals surface area (Å²) in [4.78, 5) is 11.8. The van der Waals surface area contributed by atoms with Gasteiger partial charge in [0.25, 0.3) is 5.91 Å². The van der Waals surface area contributed by atoms with Gasteiger partial charge in [0.05, 0.1) is 17.6 Å². The largest absolute Gasteiger partial charge is 0.459 e. The van der Waals surface area contributed by atoms with Crippen molar-refractivity contribution in [2.45, 2.75) is 0 Å². The van der Waals surface area contributed by atoms with Crippen LogP contribution < -0.4 is 20.5 Å². The number of hydrogen-bond donors (Lipinski definition) is 2. The third-order valence-corrected chi connectivity index (χ3v) is 2.54. The van der Waals surface area contributed by atoms with E-state index in [1.807, 2.05) is 0 Å². The quantitative estimate of drug-likeness (QED) is 0.789. The zero-order chi connectivity index (χ0) is 12.5. The van der Waals surface area contributed by atoms with Gasteiger partial charge in [0.2, 0.25) is 6.79 Å². The highest BCUT2D eigenvalue weighted by Gasteiger charge is 2.18. The molecule has 0 saturated carbocycles. The van der Waals surface area contributed by atoms with Gasteiger partial charge in [0.15, 0.2) is 17.3 Å². The zero-order valence-corrected chi connectivity index (χ0v) is 9.30. The number of rotatable bonds is 2. The second-order valence-electron chi connectivity index (χ2n) is 3.72. The van der Waals surface area contributed by atoms with E-state index in [9.17, 15) is 4.79 Å². The first kappa shape index (κ1) is 10.5. The molecule has 1 aliphatic heterocycles. The van der Waals surface area contributed by atoms with Crippen molar-refractivity contribution in [1.82, 2.24) is 0 Å². The minimum atomic E-state index is -0.370. The van der Waals surface area contributed by atoms with Crippen LogP contribution in [-0.4, -0.2) is 12.7 Å². The summed E-state index contributed by atoms with van der Waals surface area (Å²) in [6.45, 7) is 0.157. The maximum absolute atomic E-state index is 11.8. The van der Waals surface area contributed by atoms with E-state index in [-0.39, 0.29) is 18.5 Å². The van der Waals surface area contributed by atoms with E-state index in [2.05, 4.69) is 5.32 Å². The van der Waals surface area contributed by atoms with E-state index < -0.39 is 0 Å². The van der Waals surface area contributed by atoms with Gasteiger partial charge < -0.3 is 24.9 Å². The normalized spacial score (nSPS) is 12.4. The van der Waals surface area contributed by atoms with E-state index in [0.29, 0.717) is 22.9 Å². The summed E-state index contributed by atoms with van der Waals surface area (Å²) in [5.41, 5.74) is 6.68. The first-order chi connectivity index (χ1) is 8.74. The van der Waals surface area contributed by atoms with Gasteiger partial charge in [-0.2, -0.15) is 0 Å². The van der Waals surface area contributed by atoms with Gasteiger partial charge in [-0.15, -0.1) is 0 Å². The molecule has 3 rings (SSSR count). The van der Waals surface area contributed by atoms with E-state index >= 15 is 0 Å². The van der Waals surface area contributed by atoms with Crippen molar-refractivity contribution in [1.29, 1.82) is 0 Å². The highest BCUT2D eigenvalue weighted by molar-refractivity contribution is 6.04. The lowest BCUT2D eigenvalue weighted by Gasteiger charge is -2.08. The molecular weight excluding hydrogens is 236 g/mol. The number of anilines is 2. The number of ether oxygens (including phenoxy) is 2. The van der Waals surface area contributed by atoms with Crippen LogP contribution in [0.25, 0.3) is 0 Å². The maximum atomic E-state index is 11.8. The Hall–Kier alpha value is -2.63. The fourth-order valence-electron chi connectivity index (χ4n) is 1.66. The molecule has 0 saturated heterocycles. The molecule has 0 bridgehead atoms. The summed E-state index contributed by atoms with van der Waals surface area (Å²) in [5.74, 6) is 0.972. The molecule has 1 amide bonds. The highest BCUT2D eigenvalue weighted by atomic mass is 16.7. The van der Waals surface area contributed by atoms with Crippen LogP contribution in [0.5, 0.6) is 11.5 Å². The number of carbonyl (C=O) groups excluding carboxylic acids is 1. The third-order valence-electron chi connectivity index (χ3n) is 2.54. The first-order valence-corrected chi connectivity index (χ1v) is 5.28. The van der Waals surface area contributed by atoms with Crippen LogP contribution in [0.15, 0.2) is 34.9 Å². The Morgan fingerprint density at radius 1 is 1.28 bits per heavy atom. The molecule has 0 aliphatic carbocycles. The minimum absolute atomic E-state index is 0.157. The molecule has 2 heterocycles. The molecule has 0 spiro atoms. The van der Waals surface area contributed by atoms with Crippen LogP contribution in [0, 0.1) is 0 Å². The Morgan fingerprint density at radius 2 is 2.06 bits per heavy atom. The van der Waals surface area contributed by atoms with Crippen molar-refractivity contribution in [3.8, 4) is 11.5 Å². The second-order valence-corrected chi connectivity index (χ2v) is 3.72. The molecule has 1 aliphatic rings. The number of nitrogen functional groups attached to an aromatic ring is 1. The molecular formula is C12H10N2O4. The molecule has 0 fully saturated rings. The van der Waals surface area contributed by atoms with E-state index in [1.54, 1.807) is 24.3 Å². The van der Waals surface area contributed by atoms with Crippen molar-refractivity contribution in [3.05, 3.63) is 36.3 Å². The van der Waals surface area contributed by atoms with Gasteiger partial charge in [-0.1, -0.05) is 0 Å². The van der Waals surface area contributed by atoms with Gasteiger partial charge in [-0.05, 0) is 12.1 Å². The number of amides is 1. The smallest absolute Gasteiger partial charge is 0.291 e. The second kappa shape index (κ2) is 3.99. The molecule has 6 heteroatoms. The number of benzene rings is 1. The first-order valence-electron chi connectivity index (χ1n) is 5.28. The topological polar surface area (TPSA) is 86.7 Å². The summed E-state index contributed by atoms with van der Waals surface area (Å²) in [5, 5.41) is 2.65. The highest BCUT2D eigenvalue weighted by Crippen LogP contribution is 2.38. The summed E-state index contributed by atoms with van der Waals surface area (Å²) in [6, 6.07) is 6.44. The van der Waals surface area contributed by atoms with Crippen LogP contribution in [-0.2, 0) is 0 Å². The van der Waals surface area contributed by atoms with Gasteiger partial charge in [-0.3, -0.25) is 4.79 Å². The van der Waals surface area contributed by atoms with E-state index in [1.165, 1.54) is 6.26 Å². The number of nitrogens with one attached hydrogen (secondary N) is 1. The molecule has 92 valence electrons.